The van der Waals surface area contributed by atoms with Gasteiger partial charge in [0.1, 0.15) is 0 Å². The molecule has 5 aliphatic carbocycles. The molecule has 4 bridgehead atoms. The van der Waals surface area contributed by atoms with Crippen molar-refractivity contribution in [3.05, 3.63) is 35.9 Å². The normalized spacial score (nSPS) is 39.1. The summed E-state index contributed by atoms with van der Waals surface area (Å²) in [6.45, 7) is 0. The van der Waals surface area contributed by atoms with E-state index in [-0.39, 0.29) is 5.41 Å². The zero-order valence-corrected chi connectivity index (χ0v) is 14.5. The van der Waals surface area contributed by atoms with Gasteiger partial charge in [-0.3, -0.25) is 4.79 Å². The molecule has 2 nitrogen and oxygen atoms in total. The second-order valence-corrected chi connectivity index (χ2v) is 9.09. The molecular formula is C22H29NO. The molecular weight excluding hydrogens is 294 g/mol. The van der Waals surface area contributed by atoms with Crippen LogP contribution in [0.1, 0.15) is 63.4 Å². The molecule has 1 amide bonds. The monoisotopic (exact) mass is 323 g/mol. The summed E-state index contributed by atoms with van der Waals surface area (Å²) in [6.07, 6.45) is 11.4. The van der Waals surface area contributed by atoms with Gasteiger partial charge in [-0.25, -0.2) is 0 Å². The van der Waals surface area contributed by atoms with Gasteiger partial charge in [-0.05, 0) is 74.2 Å². The summed E-state index contributed by atoms with van der Waals surface area (Å²) in [7, 11) is 0. The second-order valence-electron chi connectivity index (χ2n) is 9.09. The lowest BCUT2D eigenvalue weighted by molar-refractivity contribution is -0.130. The first kappa shape index (κ1) is 15.0. The van der Waals surface area contributed by atoms with Gasteiger partial charge < -0.3 is 5.32 Å². The summed E-state index contributed by atoms with van der Waals surface area (Å²) in [5.74, 6) is 3.80. The quantitative estimate of drug-likeness (QED) is 0.875. The number of benzene rings is 1. The van der Waals surface area contributed by atoms with Crippen LogP contribution in [0.3, 0.4) is 0 Å². The topological polar surface area (TPSA) is 29.1 Å². The molecule has 0 unspecified atom stereocenters. The summed E-state index contributed by atoms with van der Waals surface area (Å²) >= 11 is 0. The highest BCUT2D eigenvalue weighted by molar-refractivity contribution is 5.89. The molecule has 1 aromatic carbocycles. The van der Waals surface area contributed by atoms with Gasteiger partial charge in [0.2, 0.25) is 5.91 Å². The smallest absolute Gasteiger partial charge is 0.230 e. The third kappa shape index (κ3) is 2.25. The minimum absolute atomic E-state index is 0.254. The maximum absolute atomic E-state index is 13.4. The molecule has 1 aromatic rings. The van der Waals surface area contributed by atoms with Crippen molar-refractivity contribution in [1.29, 1.82) is 0 Å². The van der Waals surface area contributed by atoms with Crippen LogP contribution in [0.4, 0.5) is 0 Å². The van der Waals surface area contributed by atoms with Crippen LogP contribution in [0.15, 0.2) is 30.3 Å². The van der Waals surface area contributed by atoms with Crippen molar-refractivity contribution in [2.75, 3.05) is 0 Å². The van der Waals surface area contributed by atoms with E-state index in [2.05, 4.69) is 35.6 Å². The zero-order valence-electron chi connectivity index (χ0n) is 14.5. The van der Waals surface area contributed by atoms with Crippen LogP contribution in [0.2, 0.25) is 0 Å². The highest BCUT2D eigenvalue weighted by Crippen LogP contribution is 2.54. The fourth-order valence-corrected chi connectivity index (χ4v) is 6.83. The first-order valence-electron chi connectivity index (χ1n) is 10.1. The van der Waals surface area contributed by atoms with E-state index in [0.717, 1.165) is 36.5 Å². The first-order chi connectivity index (χ1) is 11.7. The van der Waals surface area contributed by atoms with Crippen molar-refractivity contribution in [3.63, 3.8) is 0 Å². The number of amides is 1. The summed E-state index contributed by atoms with van der Waals surface area (Å²) in [6, 6.07) is 11.0. The zero-order chi connectivity index (χ0) is 16.1. The van der Waals surface area contributed by atoms with E-state index in [1.54, 1.807) is 0 Å². The van der Waals surface area contributed by atoms with Gasteiger partial charge in [-0.15, -0.1) is 0 Å². The van der Waals surface area contributed by atoms with Crippen LogP contribution in [0.5, 0.6) is 0 Å². The SMILES string of the molecule is O=C(NC1C2CC3CC(C2)CC1C3)C1(c2ccccc2)CCCC1. The van der Waals surface area contributed by atoms with Crippen molar-refractivity contribution < 1.29 is 4.79 Å². The standard InChI is InChI=1S/C22H29NO/c24-21(22(8-4-5-9-22)19-6-2-1-3-7-19)23-20-17-11-15-10-16(13-17)14-18(20)12-15/h1-3,6-7,15-18,20H,4-5,8-14H2,(H,23,24). The number of hydrogen-bond donors (Lipinski definition) is 1. The Morgan fingerprint density at radius 2 is 1.46 bits per heavy atom. The van der Waals surface area contributed by atoms with Crippen LogP contribution in [-0.4, -0.2) is 11.9 Å². The van der Waals surface area contributed by atoms with Gasteiger partial charge >= 0.3 is 0 Å². The molecule has 128 valence electrons. The Labute approximate surface area is 145 Å². The van der Waals surface area contributed by atoms with Crippen LogP contribution < -0.4 is 5.32 Å². The highest BCUT2D eigenvalue weighted by Gasteiger charge is 2.51. The lowest BCUT2D eigenvalue weighted by atomic mass is 9.54. The number of carbonyl (C=O) groups is 1. The van der Waals surface area contributed by atoms with Crippen LogP contribution in [0, 0.1) is 23.7 Å². The molecule has 0 heterocycles. The van der Waals surface area contributed by atoms with E-state index in [4.69, 9.17) is 0 Å². The molecule has 5 saturated carbocycles. The van der Waals surface area contributed by atoms with E-state index < -0.39 is 0 Å². The Hall–Kier alpha value is -1.31. The lowest BCUT2D eigenvalue weighted by Gasteiger charge is -2.54. The van der Waals surface area contributed by atoms with E-state index in [0.29, 0.717) is 11.9 Å². The molecule has 5 fully saturated rings. The molecule has 1 N–H and O–H groups in total. The predicted octanol–water partition coefficient (Wildman–Crippen LogP) is 4.44. The minimum atomic E-state index is -0.254. The van der Waals surface area contributed by atoms with E-state index in [1.165, 1.54) is 50.5 Å². The van der Waals surface area contributed by atoms with Crippen molar-refractivity contribution in [2.45, 2.75) is 69.2 Å². The Morgan fingerprint density at radius 3 is 2.04 bits per heavy atom. The van der Waals surface area contributed by atoms with Crippen molar-refractivity contribution in [3.8, 4) is 0 Å². The van der Waals surface area contributed by atoms with Gasteiger partial charge in [0, 0.05) is 6.04 Å². The summed E-state index contributed by atoms with van der Waals surface area (Å²) in [5, 5.41) is 3.60. The summed E-state index contributed by atoms with van der Waals surface area (Å²) in [4.78, 5) is 13.4. The summed E-state index contributed by atoms with van der Waals surface area (Å²) in [5.41, 5.74) is 0.986. The Bertz CT molecular complexity index is 588. The van der Waals surface area contributed by atoms with Gasteiger partial charge in [-0.1, -0.05) is 43.2 Å². The summed E-state index contributed by atoms with van der Waals surface area (Å²) < 4.78 is 0. The van der Waals surface area contributed by atoms with Crippen LogP contribution in [-0.2, 0) is 10.2 Å². The van der Waals surface area contributed by atoms with Crippen LogP contribution in [0.25, 0.3) is 0 Å². The number of carbonyl (C=O) groups excluding carboxylic acids is 1. The molecule has 6 rings (SSSR count). The predicted molar refractivity (Wildman–Crippen MR) is 95.6 cm³/mol. The van der Waals surface area contributed by atoms with Crippen molar-refractivity contribution >= 4 is 5.91 Å². The van der Waals surface area contributed by atoms with Gasteiger partial charge in [0.15, 0.2) is 0 Å². The molecule has 0 aromatic heterocycles. The third-order valence-electron chi connectivity index (χ3n) is 7.74. The van der Waals surface area contributed by atoms with Gasteiger partial charge in [0.05, 0.1) is 5.41 Å². The Morgan fingerprint density at radius 1 is 0.875 bits per heavy atom. The van der Waals surface area contributed by atoms with E-state index >= 15 is 0 Å². The first-order valence-corrected chi connectivity index (χ1v) is 10.1. The number of rotatable bonds is 3. The molecule has 0 aliphatic heterocycles. The number of hydrogen-bond acceptors (Lipinski definition) is 1. The Balaban J connectivity index is 1.39. The van der Waals surface area contributed by atoms with E-state index in [1.807, 2.05) is 0 Å². The minimum Gasteiger partial charge on any atom is -0.352 e. The van der Waals surface area contributed by atoms with E-state index in [9.17, 15) is 4.79 Å². The van der Waals surface area contributed by atoms with Crippen LogP contribution >= 0.6 is 0 Å². The molecule has 0 saturated heterocycles. The average molecular weight is 323 g/mol. The largest absolute Gasteiger partial charge is 0.352 e. The third-order valence-corrected chi connectivity index (χ3v) is 7.74. The lowest BCUT2D eigenvalue weighted by Crippen LogP contribution is -2.58. The molecule has 24 heavy (non-hydrogen) atoms. The molecule has 0 spiro atoms. The number of nitrogens with one attached hydrogen (secondary N) is 1. The molecule has 0 radical (unpaired) electrons. The molecule has 2 heteroatoms. The Kier molecular flexibility index (Phi) is 3.50. The average Bonchev–Trinajstić information content (AvgIpc) is 3.09. The maximum Gasteiger partial charge on any atom is 0.230 e. The van der Waals surface area contributed by atoms with Crippen molar-refractivity contribution in [1.82, 2.24) is 5.32 Å². The second kappa shape index (κ2) is 5.61. The highest BCUT2D eigenvalue weighted by atomic mass is 16.2. The fourth-order valence-electron chi connectivity index (χ4n) is 6.83. The maximum atomic E-state index is 13.4. The molecule has 0 atom stereocenters. The van der Waals surface area contributed by atoms with Gasteiger partial charge in [0.25, 0.3) is 0 Å². The van der Waals surface area contributed by atoms with Crippen molar-refractivity contribution in [2.24, 2.45) is 23.7 Å². The fraction of sp³-hybridized carbons (Fsp3) is 0.682. The molecule has 5 aliphatic rings. The van der Waals surface area contributed by atoms with Gasteiger partial charge in [-0.2, -0.15) is 0 Å².